The molecule has 1 saturated heterocycles. The minimum atomic E-state index is -1.63. The topological polar surface area (TPSA) is 198 Å². The van der Waals surface area contributed by atoms with Crippen LogP contribution in [0.5, 0.6) is 0 Å². The van der Waals surface area contributed by atoms with Crippen LogP contribution in [0, 0.1) is 64.1 Å². The molecule has 0 radical (unpaired) electrons. The molecular formula is C53H81N3O8. The first-order chi connectivity index (χ1) is 30.6. The Morgan fingerprint density at radius 1 is 0.938 bits per heavy atom. The van der Waals surface area contributed by atoms with Crippen molar-refractivity contribution in [3.8, 4) is 0 Å². The van der Waals surface area contributed by atoms with E-state index in [0.29, 0.717) is 49.3 Å². The number of nitrogens with one attached hydrogen (secondary N) is 2. The number of aliphatic hydroxyl groups excluding tert-OH is 3. The van der Waals surface area contributed by atoms with Crippen molar-refractivity contribution in [1.82, 2.24) is 10.6 Å². The maximum Gasteiger partial charge on any atom is 0.182 e. The van der Waals surface area contributed by atoms with Crippen molar-refractivity contribution >= 4 is 5.78 Å². The lowest BCUT2D eigenvalue weighted by Crippen LogP contribution is -2.71. The van der Waals surface area contributed by atoms with E-state index in [1.165, 1.54) is 19.3 Å². The fraction of sp³-hybridized carbons (Fsp3) is 0.830. The van der Waals surface area contributed by atoms with Crippen molar-refractivity contribution in [3.63, 3.8) is 0 Å². The Bertz CT molecular complexity index is 1910. The van der Waals surface area contributed by atoms with Crippen LogP contribution in [-0.4, -0.2) is 96.5 Å². The average molecular weight is 888 g/mol. The number of carbonyl (C=O) groups excluding carboxylic acids is 1. The van der Waals surface area contributed by atoms with Gasteiger partial charge in [-0.25, -0.2) is 0 Å². The first-order valence-corrected chi connectivity index (χ1v) is 26.1. The molecule has 0 amide bonds. The summed E-state index contributed by atoms with van der Waals surface area (Å²) in [6, 6.07) is 0. The highest BCUT2D eigenvalue weighted by Crippen LogP contribution is 2.76. The zero-order valence-electron chi connectivity index (χ0n) is 39.0. The minimum absolute atomic E-state index is 0.0314. The van der Waals surface area contributed by atoms with E-state index in [0.717, 1.165) is 75.7 Å². The molecule has 7 fully saturated rings. The lowest BCUT2D eigenvalue weighted by molar-refractivity contribution is -0.263. The van der Waals surface area contributed by atoms with Gasteiger partial charge >= 0.3 is 0 Å². The average Bonchev–Trinajstić information content (AvgIpc) is 3.90. The second kappa shape index (κ2) is 16.8. The van der Waals surface area contributed by atoms with E-state index in [9.17, 15) is 30.6 Å². The largest absolute Gasteiger partial charge is 0.392 e. The van der Waals surface area contributed by atoms with Crippen LogP contribution in [0.25, 0.3) is 0 Å². The van der Waals surface area contributed by atoms with Crippen LogP contribution in [0.15, 0.2) is 47.3 Å². The van der Waals surface area contributed by atoms with Gasteiger partial charge < -0.3 is 51.7 Å². The summed E-state index contributed by atoms with van der Waals surface area (Å²) < 4.78 is 7.20. The molecule has 0 aromatic carbocycles. The molecule has 356 valence electrons. The molecule has 19 unspecified atom stereocenters. The van der Waals surface area contributed by atoms with Gasteiger partial charge in [-0.05, 0) is 161 Å². The monoisotopic (exact) mass is 888 g/mol. The van der Waals surface area contributed by atoms with E-state index in [-0.39, 0.29) is 67.0 Å². The lowest BCUT2D eigenvalue weighted by atomic mass is 9.39. The Morgan fingerprint density at radius 2 is 1.70 bits per heavy atom. The molecule has 0 aromatic rings. The number of hydrogen-bond acceptors (Lipinski definition) is 11. The molecule has 8 aliphatic carbocycles. The van der Waals surface area contributed by atoms with E-state index in [2.05, 4.69) is 35.8 Å². The second-order valence-corrected chi connectivity index (χ2v) is 23.5. The predicted molar refractivity (Wildman–Crippen MR) is 245 cm³/mol. The van der Waals surface area contributed by atoms with E-state index in [1.54, 1.807) is 6.92 Å². The third-order valence-electron chi connectivity index (χ3n) is 20.4. The molecule has 2 heterocycles. The molecule has 2 aliphatic heterocycles. The number of fused-ring (bicyclic) bond motifs is 5. The molecule has 10 rings (SSSR count). The molecule has 0 aromatic heterocycles. The van der Waals surface area contributed by atoms with Crippen molar-refractivity contribution in [3.05, 3.63) is 47.3 Å². The quantitative estimate of drug-likeness (QED) is 0.127. The SMILES string of the molecule is CCCC1CCC2OC3C(CCCCC3(O)C(C)(O)C3CCC4(O)C5=C(NCC(C)O)C(=O)C6CC(O)C(O)CC67CC(C6=CNC(N)C=C6)C=CC(CC34C3CCCC3)C57)C2CC1. The Kier molecular flexibility index (Phi) is 12.0. The van der Waals surface area contributed by atoms with Crippen molar-refractivity contribution in [2.24, 2.45) is 69.8 Å². The van der Waals surface area contributed by atoms with E-state index >= 15 is 4.79 Å². The van der Waals surface area contributed by atoms with Crippen LogP contribution >= 0.6 is 0 Å². The predicted octanol–water partition coefficient (Wildman–Crippen LogP) is 5.82. The second-order valence-electron chi connectivity index (χ2n) is 23.5. The molecule has 10 aliphatic rings. The normalized spacial score (nSPS) is 49.2. The van der Waals surface area contributed by atoms with Crippen LogP contribution in [0.4, 0.5) is 0 Å². The molecule has 64 heavy (non-hydrogen) atoms. The highest BCUT2D eigenvalue weighted by Gasteiger charge is 2.78. The van der Waals surface area contributed by atoms with Gasteiger partial charge in [0.05, 0.1) is 53.6 Å². The van der Waals surface area contributed by atoms with Crippen LogP contribution in [0.2, 0.25) is 0 Å². The van der Waals surface area contributed by atoms with Crippen LogP contribution < -0.4 is 16.4 Å². The van der Waals surface area contributed by atoms with Gasteiger partial charge in [0.2, 0.25) is 0 Å². The number of allylic oxidation sites excluding steroid dienone is 5. The van der Waals surface area contributed by atoms with Crippen molar-refractivity contribution in [2.75, 3.05) is 6.54 Å². The molecule has 19 atom stereocenters. The van der Waals surface area contributed by atoms with Gasteiger partial charge in [0.15, 0.2) is 5.78 Å². The lowest BCUT2D eigenvalue weighted by Gasteiger charge is -2.66. The maximum absolute atomic E-state index is 15.6. The van der Waals surface area contributed by atoms with Crippen LogP contribution in [0.1, 0.15) is 149 Å². The summed E-state index contributed by atoms with van der Waals surface area (Å²) in [7, 11) is 0. The molecule has 1 spiro atoms. The molecular weight excluding hydrogens is 807 g/mol. The van der Waals surface area contributed by atoms with Gasteiger partial charge in [-0.15, -0.1) is 0 Å². The zero-order chi connectivity index (χ0) is 45.0. The summed E-state index contributed by atoms with van der Waals surface area (Å²) in [6.45, 7) is 5.98. The van der Waals surface area contributed by atoms with Gasteiger partial charge in [-0.1, -0.05) is 70.1 Å². The van der Waals surface area contributed by atoms with Crippen molar-refractivity contribution in [1.29, 1.82) is 0 Å². The third-order valence-corrected chi connectivity index (χ3v) is 20.4. The van der Waals surface area contributed by atoms with E-state index < -0.39 is 63.9 Å². The molecule has 0 bridgehead atoms. The summed E-state index contributed by atoms with van der Waals surface area (Å²) in [6.07, 6.45) is 23.2. The Labute approximate surface area is 381 Å². The Hall–Kier alpha value is -2.09. The maximum atomic E-state index is 15.6. The fourth-order valence-corrected chi connectivity index (χ4v) is 17.7. The molecule has 10 N–H and O–H groups in total. The number of ketones is 1. The van der Waals surface area contributed by atoms with E-state index in [4.69, 9.17) is 10.5 Å². The highest BCUT2D eigenvalue weighted by atomic mass is 16.5. The molecule has 11 heteroatoms. The standard InChI is InChI=1S/C53H81N3O8/c1-4-9-31-13-18-36-37-12-7-8-22-53(63,48(37)64-41(36)19-14-31)49(3,61)42-21-23-52(62)45-44-33(26-51(42,52)35-10-5-6-11-35)16-15-32(34-17-20-43(54)55-29-34)25-50(44)27-40(59)39(58)24-38(50)47(60)46(45)56-28-30(2)57/h15-17,20,29-33,35-44,48,55-59,61-63H,4-14,18-19,21-28,54H2,1-3H3. The van der Waals surface area contributed by atoms with Crippen molar-refractivity contribution < 1.29 is 40.2 Å². The molecule has 6 saturated carbocycles. The number of nitrogens with two attached hydrogens (primary N) is 1. The Balaban J connectivity index is 1.13. The fourth-order valence-electron chi connectivity index (χ4n) is 17.7. The number of dihydropyridines is 1. The number of Topliss-reactive ketones (excluding diaryl/α,β-unsaturated/α-hetero) is 1. The number of ether oxygens (including phenoxy) is 1. The Morgan fingerprint density at radius 3 is 2.44 bits per heavy atom. The summed E-state index contributed by atoms with van der Waals surface area (Å²) in [5, 5.41) is 82.7. The number of hydrogen-bond donors (Lipinski definition) is 9. The number of aliphatic hydroxyl groups is 6. The van der Waals surface area contributed by atoms with Crippen molar-refractivity contribution in [2.45, 2.75) is 203 Å². The number of rotatable bonds is 9. The summed E-state index contributed by atoms with van der Waals surface area (Å²) in [4.78, 5) is 15.6. The van der Waals surface area contributed by atoms with Gasteiger partial charge in [0.1, 0.15) is 5.60 Å². The van der Waals surface area contributed by atoms with Gasteiger partial charge in [0.25, 0.3) is 0 Å². The summed E-state index contributed by atoms with van der Waals surface area (Å²) in [5.74, 6) is -0.669. The smallest absolute Gasteiger partial charge is 0.182 e. The van der Waals surface area contributed by atoms with Crippen LogP contribution in [-0.2, 0) is 9.53 Å². The number of carbonyl (C=O) groups is 1. The third kappa shape index (κ3) is 6.80. The van der Waals surface area contributed by atoms with Gasteiger partial charge in [0, 0.05) is 30.0 Å². The first-order valence-electron chi connectivity index (χ1n) is 26.1. The first kappa shape index (κ1) is 45.7. The van der Waals surface area contributed by atoms with Crippen LogP contribution in [0.3, 0.4) is 0 Å². The molecule has 11 nitrogen and oxygen atoms in total. The van der Waals surface area contributed by atoms with E-state index in [1.807, 2.05) is 19.2 Å². The van der Waals surface area contributed by atoms with Gasteiger partial charge in [-0.3, -0.25) is 4.79 Å². The zero-order valence-corrected chi connectivity index (χ0v) is 39.0. The summed E-state index contributed by atoms with van der Waals surface area (Å²) in [5.41, 5.74) is 1.89. The summed E-state index contributed by atoms with van der Waals surface area (Å²) >= 11 is 0. The van der Waals surface area contributed by atoms with Gasteiger partial charge in [-0.2, -0.15) is 0 Å². The minimum Gasteiger partial charge on any atom is -0.392 e. The highest BCUT2D eigenvalue weighted by molar-refractivity contribution is 6.00.